The number of fused-ring (bicyclic) bond motifs is 3. The Morgan fingerprint density at radius 3 is 2.94 bits per heavy atom. The topological polar surface area (TPSA) is 92.2 Å². The third kappa shape index (κ3) is 1.30. The molecule has 0 unspecified atom stereocenters. The van der Waals surface area contributed by atoms with Crippen molar-refractivity contribution >= 4 is 22.5 Å². The van der Waals surface area contributed by atoms with E-state index in [1.54, 1.807) is 24.3 Å². The van der Waals surface area contributed by atoms with E-state index in [1.165, 1.54) is 11.6 Å². The molecule has 7 nitrogen and oxygen atoms in total. The van der Waals surface area contributed by atoms with E-state index >= 15 is 0 Å². The highest BCUT2D eigenvalue weighted by Gasteiger charge is 2.16. The molecule has 3 aromatic rings. The number of nitrogens with zero attached hydrogens (tertiary/aromatic N) is 3. The minimum atomic E-state index is -0.393. The van der Waals surface area contributed by atoms with E-state index in [4.69, 9.17) is 0 Å². The maximum atomic E-state index is 11.9. The van der Waals surface area contributed by atoms with Crippen molar-refractivity contribution in [2.45, 2.75) is 0 Å². The minimum Gasteiger partial charge on any atom is -0.354 e. The van der Waals surface area contributed by atoms with Gasteiger partial charge in [-0.15, -0.1) is 5.10 Å². The number of hydrogen-bond acceptors (Lipinski definition) is 4. The molecular weight excluding hydrogens is 234 g/mol. The molecule has 2 heterocycles. The van der Waals surface area contributed by atoms with Gasteiger partial charge in [-0.25, -0.2) is 9.73 Å². The molecule has 90 valence electrons. The second-order valence-corrected chi connectivity index (χ2v) is 3.73. The van der Waals surface area contributed by atoms with E-state index in [0.29, 0.717) is 10.9 Å². The molecule has 0 spiro atoms. The highest BCUT2D eigenvalue weighted by molar-refractivity contribution is 5.98. The molecule has 0 fully saturated rings. The van der Waals surface area contributed by atoms with Gasteiger partial charge in [0, 0.05) is 7.05 Å². The Morgan fingerprint density at radius 1 is 1.39 bits per heavy atom. The molecule has 0 aliphatic heterocycles. The maximum Gasteiger partial charge on any atom is 0.281 e. The predicted molar refractivity (Wildman–Crippen MR) is 64.5 cm³/mol. The zero-order valence-corrected chi connectivity index (χ0v) is 9.47. The quantitative estimate of drug-likeness (QED) is 0.625. The number of benzene rings is 1. The Bertz CT molecular complexity index is 817. The summed E-state index contributed by atoms with van der Waals surface area (Å²) in [6.07, 6.45) is 0. The van der Waals surface area contributed by atoms with Gasteiger partial charge in [-0.05, 0) is 12.1 Å². The number of rotatable bonds is 1. The number of para-hydroxylation sites is 1. The van der Waals surface area contributed by atoms with Gasteiger partial charge in [0.1, 0.15) is 0 Å². The minimum absolute atomic E-state index is 0.0975. The van der Waals surface area contributed by atoms with E-state index in [9.17, 15) is 9.59 Å². The highest BCUT2D eigenvalue weighted by Crippen LogP contribution is 2.11. The molecule has 7 heteroatoms. The third-order valence-electron chi connectivity index (χ3n) is 2.71. The molecule has 0 aliphatic carbocycles. The summed E-state index contributed by atoms with van der Waals surface area (Å²) in [4.78, 5) is 27.3. The summed E-state index contributed by atoms with van der Waals surface area (Å²) in [6, 6.07) is 7.00. The van der Waals surface area contributed by atoms with Crippen molar-refractivity contribution < 1.29 is 4.79 Å². The van der Waals surface area contributed by atoms with Crippen LogP contribution < -0.4 is 10.9 Å². The molecule has 0 bridgehead atoms. The average molecular weight is 243 g/mol. The van der Waals surface area contributed by atoms with Crippen molar-refractivity contribution in [3.8, 4) is 0 Å². The molecule has 2 aromatic heterocycles. The van der Waals surface area contributed by atoms with Crippen LogP contribution in [-0.2, 0) is 0 Å². The van der Waals surface area contributed by atoms with Crippen LogP contribution in [0.1, 0.15) is 10.5 Å². The molecule has 18 heavy (non-hydrogen) atoms. The Balaban J connectivity index is 2.49. The van der Waals surface area contributed by atoms with Crippen LogP contribution in [0.2, 0.25) is 0 Å². The van der Waals surface area contributed by atoms with Crippen molar-refractivity contribution in [3.05, 3.63) is 40.3 Å². The van der Waals surface area contributed by atoms with Gasteiger partial charge in [0.25, 0.3) is 11.5 Å². The fraction of sp³-hybridized carbons (Fsp3) is 0.0909. The zero-order valence-electron chi connectivity index (χ0n) is 9.47. The Morgan fingerprint density at radius 2 is 2.17 bits per heavy atom. The molecule has 3 rings (SSSR count). The lowest BCUT2D eigenvalue weighted by atomic mass is 10.2. The number of aromatic nitrogens is 4. The van der Waals surface area contributed by atoms with Gasteiger partial charge in [-0.2, -0.15) is 4.98 Å². The van der Waals surface area contributed by atoms with Crippen LogP contribution >= 0.6 is 0 Å². The number of carbonyl (C=O) groups is 1. The van der Waals surface area contributed by atoms with E-state index in [1.807, 2.05) is 0 Å². The number of H-pyrrole nitrogens is 1. The Kier molecular flexibility index (Phi) is 2.12. The predicted octanol–water partition coefficient (Wildman–Crippen LogP) is -0.0696. The monoisotopic (exact) mass is 243 g/mol. The van der Waals surface area contributed by atoms with Gasteiger partial charge in [-0.1, -0.05) is 12.1 Å². The van der Waals surface area contributed by atoms with Crippen LogP contribution in [0.3, 0.4) is 0 Å². The molecule has 1 amide bonds. The van der Waals surface area contributed by atoms with Crippen LogP contribution in [0.5, 0.6) is 0 Å². The largest absolute Gasteiger partial charge is 0.354 e. The number of nitrogens with one attached hydrogen (secondary N) is 2. The SMILES string of the molecule is CNC(=O)c1n[nH]n2c1nc(=O)c1ccccc12. The highest BCUT2D eigenvalue weighted by atomic mass is 16.2. The molecule has 0 radical (unpaired) electrons. The van der Waals surface area contributed by atoms with Crippen molar-refractivity contribution in [2.75, 3.05) is 7.05 Å². The molecule has 0 saturated carbocycles. The van der Waals surface area contributed by atoms with E-state index in [-0.39, 0.29) is 16.9 Å². The average Bonchev–Trinajstić information content (AvgIpc) is 2.82. The lowest BCUT2D eigenvalue weighted by Crippen LogP contribution is -2.20. The second-order valence-electron chi connectivity index (χ2n) is 3.73. The second kappa shape index (κ2) is 3.66. The molecule has 1 aromatic carbocycles. The molecular formula is C11H9N5O2. The van der Waals surface area contributed by atoms with Gasteiger partial charge >= 0.3 is 0 Å². The molecule has 2 N–H and O–H groups in total. The van der Waals surface area contributed by atoms with Gasteiger partial charge in [-0.3, -0.25) is 9.59 Å². The standard InChI is InChI=1S/C11H9N5O2/c1-12-11(18)8-9-13-10(17)6-4-2-3-5-7(6)16(9)15-14-8/h2-5,15H,1H3,(H,12,18). The van der Waals surface area contributed by atoms with Gasteiger partial charge in [0.2, 0.25) is 0 Å². The smallest absolute Gasteiger partial charge is 0.281 e. The lowest BCUT2D eigenvalue weighted by Gasteiger charge is -1.99. The fourth-order valence-electron chi connectivity index (χ4n) is 1.85. The summed E-state index contributed by atoms with van der Waals surface area (Å²) in [5.41, 5.74) is 0.575. The Hall–Kier alpha value is -2.70. The summed E-state index contributed by atoms with van der Waals surface area (Å²) >= 11 is 0. The van der Waals surface area contributed by atoms with Crippen LogP contribution in [-0.4, -0.2) is 32.8 Å². The van der Waals surface area contributed by atoms with Crippen molar-refractivity contribution in [1.82, 2.24) is 25.1 Å². The first-order chi connectivity index (χ1) is 8.72. The summed E-state index contributed by atoms with van der Waals surface area (Å²) in [5, 5.41) is 9.48. The summed E-state index contributed by atoms with van der Waals surface area (Å²) < 4.78 is 1.52. The fourth-order valence-corrected chi connectivity index (χ4v) is 1.85. The normalized spacial score (nSPS) is 10.9. The first-order valence-electron chi connectivity index (χ1n) is 5.30. The summed E-state index contributed by atoms with van der Waals surface area (Å²) in [7, 11) is 1.49. The zero-order chi connectivity index (χ0) is 12.7. The van der Waals surface area contributed by atoms with Crippen LogP contribution in [0.4, 0.5) is 0 Å². The third-order valence-corrected chi connectivity index (χ3v) is 2.71. The lowest BCUT2D eigenvalue weighted by molar-refractivity contribution is 0.0959. The van der Waals surface area contributed by atoms with Crippen LogP contribution in [0.25, 0.3) is 16.6 Å². The first kappa shape index (κ1) is 10.5. The van der Waals surface area contributed by atoms with E-state index in [2.05, 4.69) is 20.6 Å². The summed E-state index contributed by atoms with van der Waals surface area (Å²) in [5.74, 6) is -0.393. The first-order valence-corrected chi connectivity index (χ1v) is 5.30. The van der Waals surface area contributed by atoms with Gasteiger partial charge in [0.05, 0.1) is 10.9 Å². The van der Waals surface area contributed by atoms with Crippen LogP contribution in [0.15, 0.2) is 29.1 Å². The van der Waals surface area contributed by atoms with E-state index < -0.39 is 5.91 Å². The van der Waals surface area contributed by atoms with Crippen molar-refractivity contribution in [3.63, 3.8) is 0 Å². The Labute approximate surface area is 100 Å². The number of aromatic amines is 1. The van der Waals surface area contributed by atoms with Crippen molar-refractivity contribution in [1.29, 1.82) is 0 Å². The van der Waals surface area contributed by atoms with Gasteiger partial charge < -0.3 is 5.32 Å². The molecule has 0 atom stereocenters. The number of amides is 1. The molecule has 0 aliphatic rings. The van der Waals surface area contributed by atoms with Gasteiger partial charge in [0.15, 0.2) is 11.3 Å². The number of carbonyl (C=O) groups excluding carboxylic acids is 1. The number of hydrogen-bond donors (Lipinski definition) is 2. The maximum absolute atomic E-state index is 11.9. The molecule has 0 saturated heterocycles. The van der Waals surface area contributed by atoms with Crippen LogP contribution in [0, 0.1) is 0 Å². The summed E-state index contributed by atoms with van der Waals surface area (Å²) in [6.45, 7) is 0. The van der Waals surface area contributed by atoms with E-state index in [0.717, 1.165) is 0 Å². The van der Waals surface area contributed by atoms with Crippen molar-refractivity contribution in [2.24, 2.45) is 0 Å².